The first kappa shape index (κ1) is 20.0. The van der Waals surface area contributed by atoms with Crippen LogP contribution >= 0.6 is 0 Å². The van der Waals surface area contributed by atoms with E-state index in [1.807, 2.05) is 0 Å². The van der Waals surface area contributed by atoms with Crippen molar-refractivity contribution in [3.8, 4) is 0 Å². The van der Waals surface area contributed by atoms with Gasteiger partial charge in [-0.25, -0.2) is 0 Å². The van der Waals surface area contributed by atoms with Gasteiger partial charge in [-0.2, -0.15) is 0 Å². The number of carbonyl (C=O) groups excluding carboxylic acids is 2. The highest BCUT2D eigenvalue weighted by atomic mass is 16.4. The summed E-state index contributed by atoms with van der Waals surface area (Å²) in [6.45, 7) is 0.940. The molecule has 9 nitrogen and oxygen atoms in total. The van der Waals surface area contributed by atoms with Crippen LogP contribution in [0.3, 0.4) is 0 Å². The van der Waals surface area contributed by atoms with Crippen molar-refractivity contribution in [3.63, 3.8) is 0 Å². The van der Waals surface area contributed by atoms with E-state index in [4.69, 9.17) is 5.11 Å². The molecule has 9 heteroatoms. The fourth-order valence-electron chi connectivity index (χ4n) is 3.29. The Morgan fingerprint density at radius 2 is 1.38 bits per heavy atom. The highest BCUT2D eigenvalue weighted by Crippen LogP contribution is 2.18. The first-order valence-electron chi connectivity index (χ1n) is 9.18. The lowest BCUT2D eigenvalue weighted by molar-refractivity contribution is -0.136. The number of aliphatic carboxylic acids is 1. The van der Waals surface area contributed by atoms with Gasteiger partial charge in [0.15, 0.2) is 5.57 Å². The topological polar surface area (TPSA) is 140 Å². The van der Waals surface area contributed by atoms with Crippen molar-refractivity contribution in [2.24, 2.45) is 0 Å². The van der Waals surface area contributed by atoms with Crippen molar-refractivity contribution in [1.82, 2.24) is 21.3 Å². The number of piperidine rings is 1. The van der Waals surface area contributed by atoms with Crippen LogP contribution < -0.4 is 21.3 Å². The third-order valence-electron chi connectivity index (χ3n) is 4.71. The summed E-state index contributed by atoms with van der Waals surface area (Å²) >= 11 is 0. The van der Waals surface area contributed by atoms with E-state index in [0.29, 0.717) is 0 Å². The molecule has 146 valence electrons. The van der Waals surface area contributed by atoms with Gasteiger partial charge in [-0.3, -0.25) is 14.4 Å². The van der Waals surface area contributed by atoms with Crippen molar-refractivity contribution in [2.45, 2.75) is 57.0 Å². The van der Waals surface area contributed by atoms with Crippen LogP contribution in [0.15, 0.2) is 11.5 Å². The monoisotopic (exact) mass is 368 g/mol. The number of hydrogen-bond donors (Lipinski definition) is 6. The summed E-state index contributed by atoms with van der Waals surface area (Å²) in [4.78, 5) is 35.9. The molecular weight excluding hydrogens is 340 g/mol. The molecule has 2 aliphatic rings. The second-order valence-electron chi connectivity index (χ2n) is 6.78. The molecule has 2 amide bonds. The molecule has 1 saturated carbocycles. The van der Waals surface area contributed by atoms with Crippen molar-refractivity contribution < 1.29 is 24.6 Å². The van der Waals surface area contributed by atoms with E-state index >= 15 is 0 Å². The first-order chi connectivity index (χ1) is 12.5. The second kappa shape index (κ2) is 10.0. The predicted molar refractivity (Wildman–Crippen MR) is 94.3 cm³/mol. The van der Waals surface area contributed by atoms with Crippen LogP contribution in [-0.4, -0.2) is 59.7 Å². The van der Waals surface area contributed by atoms with E-state index < -0.39 is 35.8 Å². The SMILES string of the molecule is O=C(O)CNC(O)=C(C(=O)NC1CCCCC1)C(=O)NC1CCNCC1. The third-order valence-corrected chi connectivity index (χ3v) is 4.71. The van der Waals surface area contributed by atoms with Gasteiger partial charge in [0.1, 0.15) is 6.54 Å². The van der Waals surface area contributed by atoms with E-state index in [0.717, 1.165) is 58.0 Å². The zero-order valence-corrected chi connectivity index (χ0v) is 14.8. The van der Waals surface area contributed by atoms with Crippen molar-refractivity contribution in [2.75, 3.05) is 19.6 Å². The summed E-state index contributed by atoms with van der Waals surface area (Å²) in [5, 5.41) is 29.8. The summed E-state index contributed by atoms with van der Waals surface area (Å²) in [6, 6.07) is -0.126. The van der Waals surface area contributed by atoms with Gasteiger partial charge in [0.2, 0.25) is 5.88 Å². The Labute approximate surface area is 152 Å². The quantitative estimate of drug-likeness (QED) is 0.158. The number of carbonyl (C=O) groups is 3. The Hall–Kier alpha value is -2.29. The molecular formula is C17H28N4O5. The molecule has 0 radical (unpaired) electrons. The van der Waals surface area contributed by atoms with Crippen molar-refractivity contribution >= 4 is 17.8 Å². The molecule has 1 saturated heterocycles. The summed E-state index contributed by atoms with van der Waals surface area (Å²) in [5.41, 5.74) is -0.463. The Morgan fingerprint density at radius 3 is 1.92 bits per heavy atom. The maximum atomic E-state index is 12.6. The summed E-state index contributed by atoms with van der Waals surface area (Å²) in [5.74, 6) is -3.30. The minimum absolute atomic E-state index is 0.0368. The Morgan fingerprint density at radius 1 is 0.846 bits per heavy atom. The van der Waals surface area contributed by atoms with Crippen LogP contribution in [0, 0.1) is 0 Å². The molecule has 2 rings (SSSR count). The molecule has 0 spiro atoms. The molecule has 0 atom stereocenters. The number of amides is 2. The number of carboxylic acids is 1. The fourth-order valence-corrected chi connectivity index (χ4v) is 3.29. The maximum absolute atomic E-state index is 12.6. The van der Waals surface area contributed by atoms with Gasteiger partial charge in [-0.15, -0.1) is 0 Å². The number of nitrogens with one attached hydrogen (secondary N) is 4. The van der Waals surface area contributed by atoms with Crippen LogP contribution in [0.1, 0.15) is 44.9 Å². The van der Waals surface area contributed by atoms with Crippen molar-refractivity contribution in [1.29, 1.82) is 0 Å². The fraction of sp³-hybridized carbons (Fsp3) is 0.706. The molecule has 0 aromatic carbocycles. The van der Waals surface area contributed by atoms with Gasteiger partial charge in [0.25, 0.3) is 11.8 Å². The van der Waals surface area contributed by atoms with Gasteiger partial charge in [-0.1, -0.05) is 19.3 Å². The van der Waals surface area contributed by atoms with Crippen LogP contribution in [-0.2, 0) is 14.4 Å². The van der Waals surface area contributed by atoms with E-state index in [1.165, 1.54) is 0 Å². The molecule has 0 aromatic rings. The lowest BCUT2D eigenvalue weighted by Gasteiger charge is -2.26. The second-order valence-corrected chi connectivity index (χ2v) is 6.78. The standard InChI is InChI=1S/C17H28N4O5/c22-13(23)10-19-15(24)14(16(25)20-11-4-2-1-3-5-11)17(26)21-12-6-8-18-9-7-12/h11-12,18-19,24H,1-10H2,(H,20,25)(H,21,26)(H,22,23). The average Bonchev–Trinajstić information content (AvgIpc) is 2.61. The smallest absolute Gasteiger partial charge is 0.322 e. The lowest BCUT2D eigenvalue weighted by Crippen LogP contribution is -2.47. The molecule has 0 unspecified atom stereocenters. The summed E-state index contributed by atoms with van der Waals surface area (Å²) in [7, 11) is 0. The number of aliphatic hydroxyl groups is 1. The van der Waals surface area contributed by atoms with Crippen LogP contribution in [0.5, 0.6) is 0 Å². The van der Waals surface area contributed by atoms with Crippen LogP contribution in [0.4, 0.5) is 0 Å². The average molecular weight is 368 g/mol. The van der Waals surface area contributed by atoms with Gasteiger partial charge >= 0.3 is 5.97 Å². The molecule has 0 aromatic heterocycles. The summed E-state index contributed by atoms with van der Waals surface area (Å²) < 4.78 is 0. The Kier molecular flexibility index (Phi) is 7.71. The van der Waals surface area contributed by atoms with E-state index in [9.17, 15) is 19.5 Å². The highest BCUT2D eigenvalue weighted by molar-refractivity contribution is 6.18. The van der Waals surface area contributed by atoms with E-state index in [1.54, 1.807) is 0 Å². The molecule has 1 aliphatic heterocycles. The molecule has 6 N–H and O–H groups in total. The number of rotatable bonds is 7. The minimum atomic E-state index is -1.21. The van der Waals surface area contributed by atoms with E-state index in [-0.39, 0.29) is 12.1 Å². The lowest BCUT2D eigenvalue weighted by atomic mass is 9.95. The van der Waals surface area contributed by atoms with Gasteiger partial charge in [0.05, 0.1) is 0 Å². The Balaban J connectivity index is 2.08. The molecule has 2 fully saturated rings. The van der Waals surface area contributed by atoms with Crippen molar-refractivity contribution in [3.05, 3.63) is 11.5 Å². The number of aliphatic hydroxyl groups excluding tert-OH is 1. The van der Waals surface area contributed by atoms with Crippen LogP contribution in [0.25, 0.3) is 0 Å². The largest absolute Gasteiger partial charge is 0.494 e. The zero-order valence-electron chi connectivity index (χ0n) is 14.8. The van der Waals surface area contributed by atoms with Gasteiger partial charge in [-0.05, 0) is 38.8 Å². The number of hydrogen-bond acceptors (Lipinski definition) is 6. The van der Waals surface area contributed by atoms with Gasteiger partial charge in [0, 0.05) is 12.1 Å². The first-order valence-corrected chi connectivity index (χ1v) is 9.18. The molecule has 1 heterocycles. The summed E-state index contributed by atoms with van der Waals surface area (Å²) in [6.07, 6.45) is 6.26. The molecule has 0 bridgehead atoms. The number of carboxylic acid groups (broad SMARTS) is 1. The molecule has 26 heavy (non-hydrogen) atoms. The Bertz CT molecular complexity index is 517. The van der Waals surface area contributed by atoms with Crippen LogP contribution in [0.2, 0.25) is 0 Å². The zero-order chi connectivity index (χ0) is 18.9. The van der Waals surface area contributed by atoms with E-state index in [2.05, 4.69) is 21.3 Å². The highest BCUT2D eigenvalue weighted by Gasteiger charge is 2.28. The maximum Gasteiger partial charge on any atom is 0.322 e. The predicted octanol–water partition coefficient (Wildman–Crippen LogP) is -0.253. The van der Waals surface area contributed by atoms with Gasteiger partial charge < -0.3 is 31.5 Å². The minimum Gasteiger partial charge on any atom is -0.494 e. The normalized spacial score (nSPS) is 20.0. The third kappa shape index (κ3) is 6.21. The molecule has 1 aliphatic carbocycles.